The van der Waals surface area contributed by atoms with Crippen molar-refractivity contribution in [1.29, 1.82) is 0 Å². The number of alkyl halides is 9. The Morgan fingerprint density at radius 3 is 2.11 bits per heavy atom. The molecular weight excluding hydrogens is 641 g/mol. The summed E-state index contributed by atoms with van der Waals surface area (Å²) in [5.41, 5.74) is 6.06. The van der Waals surface area contributed by atoms with Gasteiger partial charge in [-0.15, -0.1) is 0 Å². The van der Waals surface area contributed by atoms with E-state index in [1.807, 2.05) is 0 Å². The van der Waals surface area contributed by atoms with Gasteiger partial charge in [0.05, 0.1) is 17.5 Å². The highest BCUT2D eigenvalue weighted by atomic mass is 32.2. The molecule has 0 radical (unpaired) electrons. The van der Waals surface area contributed by atoms with Crippen LogP contribution in [0.1, 0.15) is 29.7 Å². The number of pyridine rings is 1. The van der Waals surface area contributed by atoms with Crippen LogP contribution in [0.15, 0.2) is 17.3 Å². The zero-order chi connectivity index (χ0) is 33.3. The Bertz CT molecular complexity index is 1270. The maximum absolute atomic E-state index is 13.8. The molecule has 3 aliphatic heterocycles. The molecule has 3 atom stereocenters. The Morgan fingerprint density at radius 1 is 1.02 bits per heavy atom. The molecule has 1 saturated carbocycles. The molecule has 0 aromatic carbocycles. The maximum Gasteiger partial charge on any atom is 0.490 e. The second-order valence-corrected chi connectivity index (χ2v) is 11.4. The summed E-state index contributed by atoms with van der Waals surface area (Å²) in [6.45, 7) is 2.82. The fourth-order valence-electron chi connectivity index (χ4n) is 5.48. The van der Waals surface area contributed by atoms with Crippen molar-refractivity contribution >= 4 is 34.8 Å². The van der Waals surface area contributed by atoms with Gasteiger partial charge in [0.1, 0.15) is 0 Å². The SMILES string of the molecule is N[C@@H]1C[C@H]2CN(C3=NCCS3)C[C@@]2(C(=O)N2CCc3ncc(C(F)(F)F)cc3C2)C1.O=C(O)C(F)(F)F.O=C(O)C(F)(F)F. The lowest BCUT2D eigenvalue weighted by molar-refractivity contribution is -0.193. The summed E-state index contributed by atoms with van der Waals surface area (Å²) in [6.07, 6.45) is -11.8. The summed E-state index contributed by atoms with van der Waals surface area (Å²) in [6, 6.07) is 1.12. The fourth-order valence-corrected chi connectivity index (χ4v) is 6.35. The number of hydrogen-bond acceptors (Lipinski definition) is 8. The second-order valence-electron chi connectivity index (χ2n) is 10.4. The third-order valence-corrected chi connectivity index (χ3v) is 8.35. The molecule has 1 amide bonds. The number of halogens is 9. The van der Waals surface area contributed by atoms with Crippen LogP contribution in [-0.2, 0) is 33.5 Å². The number of hydrogen-bond donors (Lipinski definition) is 3. The van der Waals surface area contributed by atoms with E-state index >= 15 is 0 Å². The quantitative estimate of drug-likeness (QED) is 0.383. The van der Waals surface area contributed by atoms with Crippen LogP contribution in [0.3, 0.4) is 0 Å². The van der Waals surface area contributed by atoms with E-state index in [0.29, 0.717) is 37.2 Å². The number of carboxylic acid groups (broad SMARTS) is 2. The van der Waals surface area contributed by atoms with E-state index in [4.69, 9.17) is 25.5 Å². The largest absolute Gasteiger partial charge is 0.490 e. The van der Waals surface area contributed by atoms with E-state index in [-0.39, 0.29) is 24.4 Å². The molecule has 0 unspecified atom stereocenters. The summed E-state index contributed by atoms with van der Waals surface area (Å²) < 4.78 is 103. The van der Waals surface area contributed by atoms with Gasteiger partial charge in [-0.05, 0) is 30.4 Å². The number of aliphatic carboxylic acids is 2. The molecule has 5 rings (SSSR count). The topological polar surface area (TPSA) is 149 Å². The number of carbonyl (C=O) groups excluding carboxylic acids is 1. The number of amidine groups is 1. The van der Waals surface area contributed by atoms with E-state index in [2.05, 4.69) is 14.9 Å². The second kappa shape index (κ2) is 13.0. The molecule has 1 aromatic rings. The van der Waals surface area contributed by atoms with E-state index in [1.54, 1.807) is 16.7 Å². The highest BCUT2D eigenvalue weighted by molar-refractivity contribution is 8.14. The smallest absolute Gasteiger partial charge is 0.475 e. The molecular formula is C24H26F9N5O5S. The Balaban J connectivity index is 0.000000317. The molecule has 0 bridgehead atoms. The predicted molar refractivity (Wildman–Crippen MR) is 135 cm³/mol. The van der Waals surface area contributed by atoms with Gasteiger partial charge in [-0.2, -0.15) is 39.5 Å². The number of amides is 1. The Labute approximate surface area is 247 Å². The highest BCUT2D eigenvalue weighted by Gasteiger charge is 2.58. The zero-order valence-corrected chi connectivity index (χ0v) is 23.3. The first kappa shape index (κ1) is 35.2. The summed E-state index contributed by atoms with van der Waals surface area (Å²) in [5, 5.41) is 15.3. The monoisotopic (exact) mass is 667 g/mol. The van der Waals surface area contributed by atoms with E-state index in [1.165, 1.54) is 0 Å². The number of nitrogens with two attached hydrogens (primary N) is 1. The van der Waals surface area contributed by atoms with Gasteiger partial charge < -0.3 is 25.7 Å². The minimum absolute atomic E-state index is 0.0187. The number of thioether (sulfide) groups is 1. The minimum atomic E-state index is -5.08. The van der Waals surface area contributed by atoms with Crippen molar-refractivity contribution in [1.82, 2.24) is 14.8 Å². The average molecular weight is 668 g/mol. The van der Waals surface area contributed by atoms with Crippen molar-refractivity contribution < 1.29 is 64.1 Å². The van der Waals surface area contributed by atoms with Crippen LogP contribution in [0.25, 0.3) is 0 Å². The summed E-state index contributed by atoms with van der Waals surface area (Å²) in [5.74, 6) is -4.37. The summed E-state index contributed by atoms with van der Waals surface area (Å²) in [4.78, 5) is 44.1. The predicted octanol–water partition coefficient (Wildman–Crippen LogP) is 3.39. The highest BCUT2D eigenvalue weighted by Crippen LogP contribution is 2.50. The lowest BCUT2D eigenvalue weighted by Crippen LogP contribution is -2.49. The maximum atomic E-state index is 13.8. The molecule has 0 spiro atoms. The van der Waals surface area contributed by atoms with Crippen molar-refractivity contribution in [2.45, 2.75) is 50.4 Å². The molecule has 4 aliphatic rings. The number of rotatable bonds is 1. The first-order chi connectivity index (χ1) is 20.1. The van der Waals surface area contributed by atoms with Gasteiger partial charge in [-0.3, -0.25) is 14.8 Å². The van der Waals surface area contributed by atoms with Crippen molar-refractivity contribution in [3.63, 3.8) is 0 Å². The number of carboxylic acids is 2. The number of fused-ring (bicyclic) bond motifs is 2. The number of nitrogens with zero attached hydrogens (tertiary/aromatic N) is 4. The lowest BCUT2D eigenvalue weighted by atomic mass is 9.78. The molecule has 1 aliphatic carbocycles. The van der Waals surface area contributed by atoms with Crippen molar-refractivity contribution in [3.05, 3.63) is 29.1 Å². The van der Waals surface area contributed by atoms with Crippen LogP contribution < -0.4 is 5.73 Å². The summed E-state index contributed by atoms with van der Waals surface area (Å²) in [7, 11) is 0. The first-order valence-corrected chi connectivity index (χ1v) is 13.8. The van der Waals surface area contributed by atoms with Crippen LogP contribution >= 0.6 is 11.8 Å². The molecule has 4 N–H and O–H groups in total. The molecule has 2 fully saturated rings. The number of likely N-dealkylation sites (tertiary alicyclic amines) is 1. The van der Waals surface area contributed by atoms with E-state index < -0.39 is 41.4 Å². The number of aliphatic imine (C=N–C) groups is 1. The van der Waals surface area contributed by atoms with Crippen molar-refractivity contribution in [3.8, 4) is 0 Å². The Morgan fingerprint density at radius 2 is 1.61 bits per heavy atom. The van der Waals surface area contributed by atoms with Gasteiger partial charge in [0.2, 0.25) is 5.91 Å². The van der Waals surface area contributed by atoms with Gasteiger partial charge in [-0.25, -0.2) is 9.59 Å². The van der Waals surface area contributed by atoms with Crippen molar-refractivity contribution in [2.75, 3.05) is 31.9 Å². The van der Waals surface area contributed by atoms with Gasteiger partial charge in [0.15, 0.2) is 5.17 Å². The van der Waals surface area contributed by atoms with Crippen LogP contribution in [-0.4, -0.2) is 98.3 Å². The van der Waals surface area contributed by atoms with E-state index in [0.717, 1.165) is 42.7 Å². The van der Waals surface area contributed by atoms with Gasteiger partial charge in [0.25, 0.3) is 0 Å². The van der Waals surface area contributed by atoms with Crippen molar-refractivity contribution in [2.24, 2.45) is 22.1 Å². The third kappa shape index (κ3) is 8.24. The summed E-state index contributed by atoms with van der Waals surface area (Å²) >= 11 is 1.72. The van der Waals surface area contributed by atoms with E-state index in [9.17, 15) is 44.3 Å². The molecule has 246 valence electrons. The molecule has 20 heteroatoms. The van der Waals surface area contributed by atoms with Gasteiger partial charge in [-0.1, -0.05) is 11.8 Å². The minimum Gasteiger partial charge on any atom is -0.475 e. The van der Waals surface area contributed by atoms with Crippen LogP contribution in [0, 0.1) is 11.3 Å². The van der Waals surface area contributed by atoms with Gasteiger partial charge >= 0.3 is 30.5 Å². The molecule has 1 aromatic heterocycles. The average Bonchev–Trinajstić information content (AvgIpc) is 3.62. The fraction of sp³-hybridized carbons (Fsp3) is 0.625. The third-order valence-electron chi connectivity index (χ3n) is 7.31. The van der Waals surface area contributed by atoms with Crippen LogP contribution in [0.4, 0.5) is 39.5 Å². The molecule has 10 nitrogen and oxygen atoms in total. The molecule has 4 heterocycles. The Hall–Kier alpha value is -3.29. The van der Waals surface area contributed by atoms with Gasteiger partial charge in [0, 0.05) is 56.3 Å². The van der Waals surface area contributed by atoms with Crippen LogP contribution in [0.2, 0.25) is 0 Å². The molecule has 44 heavy (non-hydrogen) atoms. The van der Waals surface area contributed by atoms with Crippen LogP contribution in [0.5, 0.6) is 0 Å². The normalized spacial score (nSPS) is 24.7. The lowest BCUT2D eigenvalue weighted by Gasteiger charge is -2.37. The number of carbonyl (C=O) groups is 3. The Kier molecular flexibility index (Phi) is 10.4. The molecule has 1 saturated heterocycles. The number of aromatic nitrogens is 1. The first-order valence-electron chi connectivity index (χ1n) is 12.8. The zero-order valence-electron chi connectivity index (χ0n) is 22.5. The standard InChI is InChI=1S/C20H24F3N5OS.2C2HF3O2/c21-20(22,23)13-5-12-9-27(3-1-16(12)26-8-13)17(29)19-7-15(24)6-14(19)10-28(11-19)18-25-2-4-30-18;2*3-2(4,5)1(6)7/h5,8,14-15H,1-4,6-7,9-11,24H2;2*(H,6,7)/t14-,15+,19-;;/m0../s1.